The molecular formula is C23H42N2O3. The van der Waals surface area contributed by atoms with E-state index < -0.39 is 5.60 Å². The monoisotopic (exact) mass is 394 g/mol. The molecule has 2 aliphatic rings. The number of rotatable bonds is 3. The van der Waals surface area contributed by atoms with Crippen LogP contribution in [0.3, 0.4) is 0 Å². The molecule has 2 amide bonds. The van der Waals surface area contributed by atoms with E-state index in [0.717, 1.165) is 44.7 Å². The lowest BCUT2D eigenvalue weighted by molar-refractivity contribution is -0.139. The molecule has 5 nitrogen and oxygen atoms in total. The third-order valence-corrected chi connectivity index (χ3v) is 6.37. The zero-order valence-corrected chi connectivity index (χ0v) is 19.2. The van der Waals surface area contributed by atoms with E-state index in [1.807, 2.05) is 20.8 Å². The second-order valence-electron chi connectivity index (χ2n) is 11.1. The van der Waals surface area contributed by atoms with Crippen LogP contribution in [-0.2, 0) is 9.53 Å². The maximum Gasteiger partial charge on any atom is 0.410 e. The maximum absolute atomic E-state index is 13.1. The highest BCUT2D eigenvalue weighted by Gasteiger charge is 2.35. The van der Waals surface area contributed by atoms with Crippen molar-refractivity contribution >= 4 is 12.0 Å². The van der Waals surface area contributed by atoms with Crippen molar-refractivity contribution in [1.82, 2.24) is 9.80 Å². The molecule has 162 valence electrons. The summed E-state index contributed by atoms with van der Waals surface area (Å²) < 4.78 is 5.45. The molecule has 1 saturated heterocycles. The summed E-state index contributed by atoms with van der Waals surface area (Å²) in [5.74, 6) is 1.60. The Kier molecular flexibility index (Phi) is 7.44. The number of carbonyl (C=O) groups excluding carboxylic acids is 2. The molecule has 1 heterocycles. The predicted octanol–water partition coefficient (Wildman–Crippen LogP) is 4.94. The second kappa shape index (κ2) is 9.04. The van der Waals surface area contributed by atoms with Crippen molar-refractivity contribution in [2.24, 2.45) is 23.2 Å². The minimum atomic E-state index is -0.480. The number of amides is 2. The number of likely N-dealkylation sites (tertiary alicyclic amines) is 1. The Bertz CT molecular complexity index is 539. The molecule has 28 heavy (non-hydrogen) atoms. The van der Waals surface area contributed by atoms with Crippen LogP contribution in [0.5, 0.6) is 0 Å². The molecule has 1 atom stereocenters. The van der Waals surface area contributed by atoms with Gasteiger partial charge in [-0.2, -0.15) is 0 Å². The van der Waals surface area contributed by atoms with Crippen molar-refractivity contribution in [3.63, 3.8) is 0 Å². The first-order chi connectivity index (χ1) is 12.9. The van der Waals surface area contributed by atoms with E-state index in [2.05, 4.69) is 25.7 Å². The SMILES string of the molecule is CN(CC1CCCN(C(=O)C2CCC(C(C)(C)C)CC2)C1)C(=O)OC(C)(C)C. The smallest absolute Gasteiger partial charge is 0.410 e. The van der Waals surface area contributed by atoms with Gasteiger partial charge in [0.05, 0.1) is 0 Å². The van der Waals surface area contributed by atoms with Crippen LogP contribution in [0.25, 0.3) is 0 Å². The number of carbonyl (C=O) groups is 2. The van der Waals surface area contributed by atoms with E-state index in [1.165, 1.54) is 12.8 Å². The van der Waals surface area contributed by atoms with Crippen molar-refractivity contribution < 1.29 is 14.3 Å². The highest BCUT2D eigenvalue weighted by atomic mass is 16.6. The van der Waals surface area contributed by atoms with Crippen LogP contribution in [0.2, 0.25) is 0 Å². The molecule has 2 fully saturated rings. The standard InChI is InChI=1S/C23H42N2O3/c1-22(2,3)19-12-10-18(11-13-19)20(26)25-14-8-9-17(16-25)15-24(7)21(27)28-23(4,5)6/h17-19H,8-16H2,1-7H3. The molecule has 0 bridgehead atoms. The van der Waals surface area contributed by atoms with Gasteiger partial charge in [0.2, 0.25) is 5.91 Å². The Hall–Kier alpha value is -1.26. The molecule has 5 heteroatoms. The Morgan fingerprint density at radius 3 is 2.14 bits per heavy atom. The highest BCUT2D eigenvalue weighted by Crippen LogP contribution is 2.40. The van der Waals surface area contributed by atoms with Crippen LogP contribution < -0.4 is 0 Å². The molecule has 0 aromatic carbocycles. The molecule has 1 unspecified atom stereocenters. The number of piperidine rings is 1. The largest absolute Gasteiger partial charge is 0.444 e. The molecule has 2 rings (SSSR count). The quantitative estimate of drug-likeness (QED) is 0.681. The van der Waals surface area contributed by atoms with Gasteiger partial charge >= 0.3 is 6.09 Å². The number of nitrogens with zero attached hydrogens (tertiary/aromatic N) is 2. The second-order valence-corrected chi connectivity index (χ2v) is 11.1. The Balaban J connectivity index is 1.84. The van der Waals surface area contributed by atoms with E-state index in [9.17, 15) is 9.59 Å². The maximum atomic E-state index is 13.1. The van der Waals surface area contributed by atoms with Gasteiger partial charge in [0.15, 0.2) is 0 Å². The Labute approximate surface area is 172 Å². The topological polar surface area (TPSA) is 49.9 Å². The van der Waals surface area contributed by atoms with Crippen LogP contribution in [0.4, 0.5) is 4.79 Å². The number of hydrogen-bond donors (Lipinski definition) is 0. The van der Waals surface area contributed by atoms with Gasteiger partial charge in [-0.15, -0.1) is 0 Å². The van der Waals surface area contributed by atoms with Crippen LogP contribution in [0.15, 0.2) is 0 Å². The Morgan fingerprint density at radius 2 is 1.61 bits per heavy atom. The zero-order chi connectivity index (χ0) is 21.1. The lowest BCUT2D eigenvalue weighted by atomic mass is 9.69. The fourth-order valence-corrected chi connectivity index (χ4v) is 4.68. The van der Waals surface area contributed by atoms with Gasteiger partial charge in [-0.25, -0.2) is 4.79 Å². The lowest BCUT2D eigenvalue weighted by Gasteiger charge is -2.40. The summed E-state index contributed by atoms with van der Waals surface area (Å²) in [6.45, 7) is 14.9. The molecule has 0 spiro atoms. The summed E-state index contributed by atoms with van der Waals surface area (Å²) in [7, 11) is 1.79. The molecule has 0 aromatic rings. The minimum absolute atomic E-state index is 0.195. The number of ether oxygens (including phenoxy) is 1. The molecule has 1 aliphatic carbocycles. The summed E-state index contributed by atoms with van der Waals surface area (Å²) >= 11 is 0. The van der Waals surface area contributed by atoms with Gasteiger partial charge in [-0.3, -0.25) is 4.79 Å². The molecule has 0 N–H and O–H groups in total. The summed E-state index contributed by atoms with van der Waals surface area (Å²) in [6, 6.07) is 0. The first-order valence-corrected chi connectivity index (χ1v) is 11.1. The van der Waals surface area contributed by atoms with E-state index in [-0.39, 0.29) is 12.0 Å². The summed E-state index contributed by atoms with van der Waals surface area (Å²) in [4.78, 5) is 29.0. The van der Waals surface area contributed by atoms with E-state index in [1.54, 1.807) is 11.9 Å². The van der Waals surface area contributed by atoms with Crippen molar-refractivity contribution in [3.8, 4) is 0 Å². The number of hydrogen-bond acceptors (Lipinski definition) is 3. The minimum Gasteiger partial charge on any atom is -0.444 e. The first-order valence-electron chi connectivity index (χ1n) is 11.1. The van der Waals surface area contributed by atoms with E-state index >= 15 is 0 Å². The van der Waals surface area contributed by atoms with Gasteiger partial charge in [-0.05, 0) is 76.5 Å². The zero-order valence-electron chi connectivity index (χ0n) is 19.2. The first kappa shape index (κ1) is 23.0. The lowest BCUT2D eigenvalue weighted by Crippen LogP contribution is -2.47. The van der Waals surface area contributed by atoms with Gasteiger partial charge < -0.3 is 14.5 Å². The average Bonchev–Trinajstić information content (AvgIpc) is 2.59. The third-order valence-electron chi connectivity index (χ3n) is 6.37. The van der Waals surface area contributed by atoms with E-state index in [0.29, 0.717) is 23.8 Å². The molecule has 1 aliphatic heterocycles. The van der Waals surface area contributed by atoms with Crippen molar-refractivity contribution in [1.29, 1.82) is 0 Å². The van der Waals surface area contributed by atoms with Gasteiger partial charge in [0.1, 0.15) is 5.60 Å². The van der Waals surface area contributed by atoms with Crippen LogP contribution >= 0.6 is 0 Å². The molecule has 0 radical (unpaired) electrons. The Morgan fingerprint density at radius 1 is 1.00 bits per heavy atom. The fraction of sp³-hybridized carbons (Fsp3) is 0.913. The molecule has 0 aromatic heterocycles. The normalized spacial score (nSPS) is 26.7. The van der Waals surface area contributed by atoms with Crippen molar-refractivity contribution in [3.05, 3.63) is 0 Å². The highest BCUT2D eigenvalue weighted by molar-refractivity contribution is 5.79. The molecule has 1 saturated carbocycles. The van der Waals surface area contributed by atoms with Crippen molar-refractivity contribution in [2.75, 3.05) is 26.7 Å². The van der Waals surface area contributed by atoms with Crippen LogP contribution in [-0.4, -0.2) is 54.1 Å². The third kappa shape index (κ3) is 6.66. The van der Waals surface area contributed by atoms with Crippen LogP contribution in [0.1, 0.15) is 80.1 Å². The van der Waals surface area contributed by atoms with Gasteiger partial charge in [0, 0.05) is 32.6 Å². The fourth-order valence-electron chi connectivity index (χ4n) is 4.68. The average molecular weight is 395 g/mol. The summed E-state index contributed by atoms with van der Waals surface area (Å²) in [5.41, 5.74) is -0.137. The summed E-state index contributed by atoms with van der Waals surface area (Å²) in [6.07, 6.45) is 6.19. The van der Waals surface area contributed by atoms with Crippen LogP contribution in [0, 0.1) is 23.2 Å². The van der Waals surface area contributed by atoms with Gasteiger partial charge in [-0.1, -0.05) is 20.8 Å². The van der Waals surface area contributed by atoms with Crippen molar-refractivity contribution in [2.45, 2.75) is 85.7 Å². The van der Waals surface area contributed by atoms with Gasteiger partial charge in [0.25, 0.3) is 0 Å². The van der Waals surface area contributed by atoms with E-state index in [4.69, 9.17) is 4.74 Å². The molecular weight excluding hydrogens is 352 g/mol. The summed E-state index contributed by atoms with van der Waals surface area (Å²) in [5, 5.41) is 0. The predicted molar refractivity (Wildman–Crippen MR) is 113 cm³/mol.